The number of carbonyl (C=O) groups excluding carboxylic acids is 2. The van der Waals surface area contributed by atoms with Gasteiger partial charge in [0.05, 0.1) is 7.11 Å². The van der Waals surface area contributed by atoms with Crippen LogP contribution in [0.5, 0.6) is 5.75 Å². The number of likely N-dealkylation sites (tertiary alicyclic amines) is 1. The van der Waals surface area contributed by atoms with E-state index in [1.807, 2.05) is 47.4 Å². The van der Waals surface area contributed by atoms with Crippen LogP contribution in [0.3, 0.4) is 0 Å². The van der Waals surface area contributed by atoms with Gasteiger partial charge in [0.2, 0.25) is 5.91 Å². The molecule has 1 aliphatic rings. The van der Waals surface area contributed by atoms with Gasteiger partial charge in [0, 0.05) is 42.5 Å². The molecule has 4 rings (SSSR count). The number of H-pyrrole nitrogens is 1. The largest absolute Gasteiger partial charge is 0.497 e. The zero-order valence-corrected chi connectivity index (χ0v) is 19.5. The zero-order chi connectivity index (χ0) is 23.2. The first kappa shape index (κ1) is 22.9. The minimum absolute atomic E-state index is 0.0163. The Morgan fingerprint density at radius 3 is 2.61 bits per heavy atom. The van der Waals surface area contributed by atoms with Gasteiger partial charge in [0.1, 0.15) is 11.4 Å². The van der Waals surface area contributed by atoms with Gasteiger partial charge in [-0.3, -0.25) is 9.59 Å². The minimum Gasteiger partial charge on any atom is -0.497 e. The van der Waals surface area contributed by atoms with Gasteiger partial charge in [-0.1, -0.05) is 30.3 Å². The Morgan fingerprint density at radius 1 is 1.12 bits per heavy atom. The highest BCUT2D eigenvalue weighted by Crippen LogP contribution is 2.25. The SMILES string of the molecule is COc1ccc2cc(C(=O)N3CCC(CC(=O)N[C@@H](C)CCc4ccccc4)CC3)[nH]c2c1. The Hall–Kier alpha value is -3.28. The lowest BCUT2D eigenvalue weighted by atomic mass is 9.93. The predicted molar refractivity (Wildman–Crippen MR) is 130 cm³/mol. The summed E-state index contributed by atoms with van der Waals surface area (Å²) in [4.78, 5) is 30.6. The maximum Gasteiger partial charge on any atom is 0.270 e. The molecule has 174 valence electrons. The van der Waals surface area contributed by atoms with Crippen LogP contribution in [-0.4, -0.2) is 47.9 Å². The molecule has 1 aromatic heterocycles. The van der Waals surface area contributed by atoms with Gasteiger partial charge >= 0.3 is 0 Å². The summed E-state index contributed by atoms with van der Waals surface area (Å²) >= 11 is 0. The molecular formula is C27H33N3O3. The number of hydrogen-bond acceptors (Lipinski definition) is 3. The molecule has 2 amide bonds. The van der Waals surface area contributed by atoms with Crippen molar-refractivity contribution in [1.29, 1.82) is 0 Å². The van der Waals surface area contributed by atoms with E-state index in [4.69, 9.17) is 4.74 Å². The van der Waals surface area contributed by atoms with Crippen LogP contribution in [0, 0.1) is 5.92 Å². The molecule has 1 fully saturated rings. The van der Waals surface area contributed by atoms with Crippen LogP contribution in [0.25, 0.3) is 10.9 Å². The summed E-state index contributed by atoms with van der Waals surface area (Å²) in [5.74, 6) is 1.21. The van der Waals surface area contributed by atoms with Crippen molar-refractivity contribution < 1.29 is 14.3 Å². The number of carbonyl (C=O) groups is 2. The highest BCUT2D eigenvalue weighted by atomic mass is 16.5. The first-order chi connectivity index (χ1) is 16.0. The number of aromatic nitrogens is 1. The van der Waals surface area contributed by atoms with Crippen LogP contribution in [0.15, 0.2) is 54.6 Å². The van der Waals surface area contributed by atoms with Gasteiger partial charge in [-0.05, 0) is 62.3 Å². The number of ether oxygens (including phenoxy) is 1. The average Bonchev–Trinajstić information content (AvgIpc) is 3.26. The van der Waals surface area contributed by atoms with Crippen LogP contribution in [-0.2, 0) is 11.2 Å². The second-order valence-corrected chi connectivity index (χ2v) is 9.07. The molecule has 1 aliphatic heterocycles. The fourth-order valence-corrected chi connectivity index (χ4v) is 4.55. The van der Waals surface area contributed by atoms with Crippen molar-refractivity contribution in [2.75, 3.05) is 20.2 Å². The highest BCUT2D eigenvalue weighted by Gasteiger charge is 2.26. The molecule has 2 aromatic carbocycles. The standard InChI is InChI=1S/C27H33N3O3/c1-19(8-9-20-6-4-3-5-7-20)28-26(31)16-21-12-14-30(15-13-21)27(32)25-17-22-10-11-23(33-2)18-24(22)29-25/h3-7,10-11,17-19,21,29H,8-9,12-16H2,1-2H3,(H,28,31)/t19-/m0/s1. The molecule has 0 unspecified atom stereocenters. The average molecular weight is 448 g/mol. The topological polar surface area (TPSA) is 74.4 Å². The van der Waals surface area contributed by atoms with Crippen molar-refractivity contribution in [1.82, 2.24) is 15.2 Å². The molecule has 6 heteroatoms. The number of nitrogens with one attached hydrogen (secondary N) is 2. The second kappa shape index (κ2) is 10.6. The molecule has 6 nitrogen and oxygen atoms in total. The molecule has 1 atom stereocenters. The molecule has 0 aliphatic carbocycles. The van der Waals surface area contributed by atoms with Crippen LogP contribution in [0.2, 0.25) is 0 Å². The molecule has 2 N–H and O–H groups in total. The van der Waals surface area contributed by atoms with E-state index in [2.05, 4.69) is 29.4 Å². The lowest BCUT2D eigenvalue weighted by Crippen LogP contribution is -2.40. The quantitative estimate of drug-likeness (QED) is 0.532. The van der Waals surface area contributed by atoms with E-state index in [-0.39, 0.29) is 17.9 Å². The normalized spacial score (nSPS) is 15.4. The van der Waals surface area contributed by atoms with E-state index in [1.165, 1.54) is 5.56 Å². The molecule has 0 radical (unpaired) electrons. The van der Waals surface area contributed by atoms with Gasteiger partial charge in [0.15, 0.2) is 0 Å². The summed E-state index contributed by atoms with van der Waals surface area (Å²) in [6.07, 6.45) is 4.13. The third-order valence-corrected chi connectivity index (χ3v) is 6.55. The van der Waals surface area contributed by atoms with E-state index >= 15 is 0 Å². The van der Waals surface area contributed by atoms with Gasteiger partial charge < -0.3 is 19.9 Å². The predicted octanol–water partition coefficient (Wildman–Crippen LogP) is 4.56. The molecule has 1 saturated heterocycles. The molecule has 0 bridgehead atoms. The fourth-order valence-electron chi connectivity index (χ4n) is 4.55. The monoisotopic (exact) mass is 447 g/mol. The third kappa shape index (κ3) is 5.95. The van der Waals surface area contributed by atoms with E-state index in [0.29, 0.717) is 31.1 Å². The lowest BCUT2D eigenvalue weighted by Gasteiger charge is -2.31. The smallest absolute Gasteiger partial charge is 0.270 e. The maximum absolute atomic E-state index is 13.0. The van der Waals surface area contributed by atoms with Crippen LogP contribution in [0.1, 0.15) is 48.7 Å². The number of nitrogens with zero attached hydrogens (tertiary/aromatic N) is 1. The number of fused-ring (bicyclic) bond motifs is 1. The van der Waals surface area contributed by atoms with E-state index in [0.717, 1.165) is 42.3 Å². The third-order valence-electron chi connectivity index (χ3n) is 6.55. The molecule has 0 spiro atoms. The van der Waals surface area contributed by atoms with Gasteiger partial charge in [0.25, 0.3) is 5.91 Å². The number of rotatable bonds is 8. The number of aryl methyl sites for hydroxylation is 1. The van der Waals surface area contributed by atoms with Crippen LogP contribution < -0.4 is 10.1 Å². The zero-order valence-electron chi connectivity index (χ0n) is 19.5. The molecular weight excluding hydrogens is 414 g/mol. The van der Waals surface area contributed by atoms with Crippen molar-refractivity contribution in [2.45, 2.75) is 45.1 Å². The van der Waals surface area contributed by atoms with Crippen LogP contribution >= 0.6 is 0 Å². The maximum atomic E-state index is 13.0. The van der Waals surface area contributed by atoms with Crippen LogP contribution in [0.4, 0.5) is 0 Å². The summed E-state index contributed by atoms with van der Waals surface area (Å²) in [7, 11) is 1.63. The number of aromatic amines is 1. The molecule has 2 heterocycles. The fraction of sp³-hybridized carbons (Fsp3) is 0.407. The minimum atomic E-state index is 0.0163. The van der Waals surface area contributed by atoms with Gasteiger partial charge in [-0.2, -0.15) is 0 Å². The van der Waals surface area contributed by atoms with Crippen molar-refractivity contribution in [3.63, 3.8) is 0 Å². The molecule has 33 heavy (non-hydrogen) atoms. The number of hydrogen-bond donors (Lipinski definition) is 2. The first-order valence-corrected chi connectivity index (χ1v) is 11.8. The van der Waals surface area contributed by atoms with Crippen molar-refractivity contribution in [2.24, 2.45) is 5.92 Å². The molecule has 3 aromatic rings. The number of methoxy groups -OCH3 is 1. The van der Waals surface area contributed by atoms with E-state index in [1.54, 1.807) is 7.11 Å². The summed E-state index contributed by atoms with van der Waals surface area (Å²) in [5.41, 5.74) is 2.79. The number of piperidine rings is 1. The Labute approximate surface area is 195 Å². The Bertz CT molecular complexity index is 1080. The van der Waals surface area contributed by atoms with Crippen molar-refractivity contribution in [3.8, 4) is 5.75 Å². The lowest BCUT2D eigenvalue weighted by molar-refractivity contribution is -0.122. The Balaban J connectivity index is 1.22. The first-order valence-electron chi connectivity index (χ1n) is 11.8. The summed E-state index contributed by atoms with van der Waals surface area (Å²) in [6.45, 7) is 3.43. The van der Waals surface area contributed by atoms with Gasteiger partial charge in [-0.15, -0.1) is 0 Å². The van der Waals surface area contributed by atoms with Gasteiger partial charge in [-0.25, -0.2) is 0 Å². The van der Waals surface area contributed by atoms with E-state index < -0.39 is 0 Å². The Morgan fingerprint density at radius 2 is 1.88 bits per heavy atom. The summed E-state index contributed by atoms with van der Waals surface area (Å²) in [5, 5.41) is 4.14. The number of benzene rings is 2. The van der Waals surface area contributed by atoms with E-state index in [9.17, 15) is 9.59 Å². The Kier molecular flexibility index (Phi) is 7.33. The van der Waals surface area contributed by atoms with Crippen molar-refractivity contribution >= 4 is 22.7 Å². The molecule has 0 saturated carbocycles. The second-order valence-electron chi connectivity index (χ2n) is 9.07. The van der Waals surface area contributed by atoms with Crippen molar-refractivity contribution in [3.05, 3.63) is 65.9 Å². The highest BCUT2D eigenvalue weighted by molar-refractivity contribution is 5.98. The summed E-state index contributed by atoms with van der Waals surface area (Å²) in [6, 6.07) is 18.1. The number of amides is 2. The summed E-state index contributed by atoms with van der Waals surface area (Å²) < 4.78 is 5.26.